The third kappa shape index (κ3) is 4.25. The molecular weight excluding hydrogens is 348 g/mol. The van der Waals surface area contributed by atoms with Crippen molar-refractivity contribution in [3.63, 3.8) is 0 Å². The smallest absolute Gasteiger partial charge is 0.312 e. The normalized spacial score (nSPS) is 19.3. The lowest BCUT2D eigenvalue weighted by Gasteiger charge is -2.35. The maximum absolute atomic E-state index is 13.7. The van der Waals surface area contributed by atoms with Crippen molar-refractivity contribution >= 4 is 35.1 Å². The largest absolute Gasteiger partial charge is 0.370 e. The third-order valence-corrected chi connectivity index (χ3v) is 4.11. The molecule has 0 aliphatic carbocycles. The molecular formula is C14H16Cl2FN3O3. The van der Waals surface area contributed by atoms with Crippen molar-refractivity contribution in [1.82, 2.24) is 10.2 Å². The predicted octanol–water partition coefficient (Wildman–Crippen LogP) is 2.09. The Kier molecular flexibility index (Phi) is 5.67. The van der Waals surface area contributed by atoms with Gasteiger partial charge in [-0.25, -0.2) is 9.18 Å². The fraction of sp³-hybridized carbons (Fsp3) is 0.429. The van der Waals surface area contributed by atoms with Crippen molar-refractivity contribution in [2.24, 2.45) is 5.73 Å². The monoisotopic (exact) mass is 363 g/mol. The van der Waals surface area contributed by atoms with E-state index in [1.807, 2.05) is 0 Å². The molecule has 0 saturated carbocycles. The number of halogens is 3. The number of hydrogen-bond acceptors (Lipinski definition) is 3. The van der Waals surface area contributed by atoms with E-state index in [9.17, 15) is 14.0 Å². The van der Waals surface area contributed by atoms with E-state index < -0.39 is 24.0 Å². The lowest BCUT2D eigenvalue weighted by Crippen LogP contribution is -2.52. The van der Waals surface area contributed by atoms with E-state index >= 15 is 0 Å². The van der Waals surface area contributed by atoms with Crippen molar-refractivity contribution in [2.75, 3.05) is 19.7 Å². The molecule has 3 N–H and O–H groups in total. The van der Waals surface area contributed by atoms with Gasteiger partial charge in [0.2, 0.25) is 5.91 Å². The van der Waals surface area contributed by atoms with Crippen LogP contribution in [0.1, 0.15) is 18.6 Å². The molecule has 126 valence electrons. The standard InChI is InChI=1S/C14H16Cl2FN3O3/c1-7(19-14(18)22)13(21)20-2-3-23-12(6-20)8-4-11(17)10(16)5-9(8)15/h4-5,7,12H,2-3,6H2,1H3,(H3,18,19,22)/t7-,12-/m1/s1. The highest BCUT2D eigenvalue weighted by atomic mass is 35.5. The number of ether oxygens (including phenoxy) is 1. The summed E-state index contributed by atoms with van der Waals surface area (Å²) in [5.41, 5.74) is 5.43. The quantitative estimate of drug-likeness (QED) is 0.806. The molecule has 3 amide bonds. The number of urea groups is 1. The summed E-state index contributed by atoms with van der Waals surface area (Å²) in [5.74, 6) is -0.912. The molecule has 2 atom stereocenters. The zero-order chi connectivity index (χ0) is 17.1. The molecule has 0 aromatic heterocycles. The maximum Gasteiger partial charge on any atom is 0.312 e. The lowest BCUT2D eigenvalue weighted by molar-refractivity contribution is -0.140. The first-order valence-electron chi connectivity index (χ1n) is 6.90. The number of morpholine rings is 1. The fourth-order valence-corrected chi connectivity index (χ4v) is 2.88. The Morgan fingerprint density at radius 1 is 1.43 bits per heavy atom. The number of rotatable bonds is 3. The van der Waals surface area contributed by atoms with Gasteiger partial charge in [0.15, 0.2) is 0 Å². The molecule has 1 aliphatic heterocycles. The molecule has 1 aromatic rings. The summed E-state index contributed by atoms with van der Waals surface area (Å²) in [6.07, 6.45) is -0.576. The Labute approximate surface area is 142 Å². The molecule has 0 spiro atoms. The van der Waals surface area contributed by atoms with E-state index in [1.165, 1.54) is 24.0 Å². The van der Waals surface area contributed by atoms with Crippen molar-refractivity contribution < 1.29 is 18.7 Å². The number of benzene rings is 1. The predicted molar refractivity (Wildman–Crippen MR) is 83.9 cm³/mol. The number of primary amides is 1. The van der Waals surface area contributed by atoms with Gasteiger partial charge in [0.05, 0.1) is 18.2 Å². The van der Waals surface area contributed by atoms with E-state index in [-0.39, 0.29) is 29.1 Å². The summed E-state index contributed by atoms with van der Waals surface area (Å²) in [6, 6.07) is 0.964. The van der Waals surface area contributed by atoms with Gasteiger partial charge in [-0.15, -0.1) is 0 Å². The van der Waals surface area contributed by atoms with Gasteiger partial charge in [-0.2, -0.15) is 0 Å². The minimum Gasteiger partial charge on any atom is -0.370 e. The number of nitrogens with zero attached hydrogens (tertiary/aromatic N) is 1. The lowest BCUT2D eigenvalue weighted by atomic mass is 10.1. The van der Waals surface area contributed by atoms with Gasteiger partial charge < -0.3 is 20.7 Å². The van der Waals surface area contributed by atoms with Gasteiger partial charge in [-0.05, 0) is 19.1 Å². The molecule has 23 heavy (non-hydrogen) atoms. The van der Waals surface area contributed by atoms with E-state index in [1.54, 1.807) is 0 Å². The third-order valence-electron chi connectivity index (χ3n) is 3.49. The van der Waals surface area contributed by atoms with Crippen molar-refractivity contribution in [2.45, 2.75) is 19.1 Å². The van der Waals surface area contributed by atoms with Crippen LogP contribution in [0, 0.1) is 5.82 Å². The van der Waals surface area contributed by atoms with Crippen LogP contribution in [0.2, 0.25) is 10.0 Å². The summed E-state index contributed by atoms with van der Waals surface area (Å²) in [4.78, 5) is 24.6. The number of carbonyl (C=O) groups is 2. The minimum atomic E-state index is -0.779. The van der Waals surface area contributed by atoms with Crippen LogP contribution in [-0.4, -0.2) is 42.6 Å². The van der Waals surface area contributed by atoms with E-state index in [0.717, 1.165) is 0 Å². The van der Waals surface area contributed by atoms with Crippen LogP contribution in [0.4, 0.5) is 9.18 Å². The van der Waals surface area contributed by atoms with Crippen molar-refractivity contribution in [1.29, 1.82) is 0 Å². The Balaban J connectivity index is 2.13. The molecule has 0 radical (unpaired) electrons. The molecule has 0 unspecified atom stereocenters. The van der Waals surface area contributed by atoms with Gasteiger partial charge in [-0.3, -0.25) is 4.79 Å². The molecule has 1 heterocycles. The Morgan fingerprint density at radius 3 is 2.78 bits per heavy atom. The Hall–Kier alpha value is -1.57. The average molecular weight is 364 g/mol. The molecule has 1 aromatic carbocycles. The van der Waals surface area contributed by atoms with E-state index in [2.05, 4.69) is 5.32 Å². The van der Waals surface area contributed by atoms with Gasteiger partial charge in [0, 0.05) is 17.1 Å². The van der Waals surface area contributed by atoms with Crippen molar-refractivity contribution in [3.05, 3.63) is 33.6 Å². The van der Waals surface area contributed by atoms with Crippen LogP contribution < -0.4 is 11.1 Å². The van der Waals surface area contributed by atoms with Crippen LogP contribution in [0.15, 0.2) is 12.1 Å². The van der Waals surface area contributed by atoms with E-state index in [4.69, 9.17) is 33.7 Å². The SMILES string of the molecule is C[C@@H](NC(N)=O)C(=O)N1CCO[C@@H](c2cc(F)c(Cl)cc2Cl)C1. The second-order valence-electron chi connectivity index (χ2n) is 5.16. The van der Waals surface area contributed by atoms with Gasteiger partial charge in [0.25, 0.3) is 0 Å². The van der Waals surface area contributed by atoms with E-state index in [0.29, 0.717) is 12.1 Å². The Bertz CT molecular complexity index is 630. The van der Waals surface area contributed by atoms with Crippen LogP contribution in [-0.2, 0) is 9.53 Å². The molecule has 1 aliphatic rings. The summed E-state index contributed by atoms with van der Waals surface area (Å²) in [7, 11) is 0. The Morgan fingerprint density at radius 2 is 2.13 bits per heavy atom. The van der Waals surface area contributed by atoms with Crippen LogP contribution >= 0.6 is 23.2 Å². The number of nitrogens with one attached hydrogen (secondary N) is 1. The van der Waals surface area contributed by atoms with Gasteiger partial charge in [0.1, 0.15) is 18.0 Å². The van der Waals surface area contributed by atoms with Crippen LogP contribution in [0.5, 0.6) is 0 Å². The second kappa shape index (κ2) is 7.33. The fourth-order valence-electron chi connectivity index (χ4n) is 2.37. The first-order chi connectivity index (χ1) is 10.8. The zero-order valence-electron chi connectivity index (χ0n) is 12.3. The highest BCUT2D eigenvalue weighted by Gasteiger charge is 2.30. The number of nitrogens with two attached hydrogens (primary N) is 1. The van der Waals surface area contributed by atoms with Crippen LogP contribution in [0.25, 0.3) is 0 Å². The molecule has 1 fully saturated rings. The maximum atomic E-state index is 13.7. The minimum absolute atomic E-state index is 0.0817. The van der Waals surface area contributed by atoms with Gasteiger partial charge >= 0.3 is 6.03 Å². The van der Waals surface area contributed by atoms with Crippen LogP contribution in [0.3, 0.4) is 0 Å². The van der Waals surface area contributed by atoms with Gasteiger partial charge in [-0.1, -0.05) is 23.2 Å². The summed E-state index contributed by atoms with van der Waals surface area (Å²) in [6.45, 7) is 2.34. The first kappa shape index (κ1) is 17.8. The highest BCUT2D eigenvalue weighted by molar-refractivity contribution is 6.35. The zero-order valence-corrected chi connectivity index (χ0v) is 13.8. The molecule has 1 saturated heterocycles. The number of amides is 3. The first-order valence-corrected chi connectivity index (χ1v) is 7.66. The average Bonchev–Trinajstić information content (AvgIpc) is 2.49. The summed E-state index contributed by atoms with van der Waals surface area (Å²) < 4.78 is 19.2. The molecule has 6 nitrogen and oxygen atoms in total. The number of carbonyl (C=O) groups excluding carboxylic acids is 2. The molecule has 9 heteroatoms. The second-order valence-corrected chi connectivity index (χ2v) is 5.98. The number of hydrogen-bond donors (Lipinski definition) is 2. The highest BCUT2D eigenvalue weighted by Crippen LogP contribution is 2.32. The molecule has 0 bridgehead atoms. The van der Waals surface area contributed by atoms with Crippen molar-refractivity contribution in [3.8, 4) is 0 Å². The topological polar surface area (TPSA) is 84.7 Å². The summed E-state index contributed by atoms with van der Waals surface area (Å²) in [5, 5.41) is 2.51. The summed E-state index contributed by atoms with van der Waals surface area (Å²) >= 11 is 11.8. The molecule has 2 rings (SSSR count).